The van der Waals surface area contributed by atoms with Gasteiger partial charge in [0.15, 0.2) is 0 Å². The summed E-state index contributed by atoms with van der Waals surface area (Å²) in [5.74, 6) is 0. The third kappa shape index (κ3) is 2.42. The highest BCUT2D eigenvalue weighted by molar-refractivity contribution is 5.30. The molecule has 2 nitrogen and oxygen atoms in total. The van der Waals surface area contributed by atoms with Crippen LogP contribution in [-0.4, -0.2) is 4.98 Å². The first-order chi connectivity index (χ1) is 7.40. The van der Waals surface area contributed by atoms with Crippen molar-refractivity contribution in [2.24, 2.45) is 5.73 Å². The van der Waals surface area contributed by atoms with Crippen LogP contribution in [0.15, 0.2) is 48.8 Å². The van der Waals surface area contributed by atoms with Gasteiger partial charge in [-0.15, -0.1) is 0 Å². The lowest BCUT2D eigenvalue weighted by atomic mass is 10.0. The van der Waals surface area contributed by atoms with Crippen molar-refractivity contribution in [3.63, 3.8) is 0 Å². The summed E-state index contributed by atoms with van der Waals surface area (Å²) in [7, 11) is 0. The van der Waals surface area contributed by atoms with Gasteiger partial charge >= 0.3 is 0 Å². The van der Waals surface area contributed by atoms with Crippen molar-refractivity contribution in [3.8, 4) is 0 Å². The smallest absolute Gasteiger partial charge is 0.0315 e. The van der Waals surface area contributed by atoms with E-state index in [1.807, 2.05) is 24.5 Å². The highest BCUT2D eigenvalue weighted by Crippen LogP contribution is 2.12. The van der Waals surface area contributed by atoms with E-state index in [9.17, 15) is 0 Å². The van der Waals surface area contributed by atoms with Crippen LogP contribution < -0.4 is 5.73 Å². The number of aromatic nitrogens is 1. The van der Waals surface area contributed by atoms with E-state index in [0.717, 1.165) is 12.0 Å². The van der Waals surface area contributed by atoms with E-state index in [1.54, 1.807) is 0 Å². The molecule has 1 heterocycles. The number of nitrogens with zero attached hydrogens (tertiary/aromatic N) is 1. The van der Waals surface area contributed by atoms with Gasteiger partial charge in [-0.2, -0.15) is 0 Å². The van der Waals surface area contributed by atoms with Crippen LogP contribution in [0, 0.1) is 0 Å². The first-order valence-corrected chi connectivity index (χ1v) is 5.06. The van der Waals surface area contributed by atoms with Crippen LogP contribution in [0.4, 0.5) is 0 Å². The molecule has 0 saturated carbocycles. The number of pyridine rings is 1. The van der Waals surface area contributed by atoms with Gasteiger partial charge in [-0.1, -0.05) is 30.3 Å². The number of nitrogens with two attached hydrogens (primary N) is 1. The van der Waals surface area contributed by atoms with E-state index >= 15 is 0 Å². The molecule has 0 spiro atoms. The molecule has 0 unspecified atom stereocenters. The van der Waals surface area contributed by atoms with Crippen LogP contribution in [0.2, 0.25) is 0 Å². The quantitative estimate of drug-likeness (QED) is 0.820. The fourth-order valence-corrected chi connectivity index (χ4v) is 1.63. The van der Waals surface area contributed by atoms with Crippen LogP contribution in [0.1, 0.15) is 16.7 Å². The average molecular weight is 198 g/mol. The number of hydrogen-bond acceptors (Lipinski definition) is 2. The molecule has 0 atom stereocenters. The van der Waals surface area contributed by atoms with Gasteiger partial charge in [0, 0.05) is 18.9 Å². The molecule has 76 valence electrons. The Hall–Kier alpha value is -1.67. The molecule has 1 aromatic carbocycles. The summed E-state index contributed by atoms with van der Waals surface area (Å²) in [6, 6.07) is 12.4. The molecule has 0 aliphatic rings. The molecule has 0 aliphatic heterocycles. The Morgan fingerprint density at radius 1 is 1.00 bits per heavy atom. The topological polar surface area (TPSA) is 38.9 Å². The molecule has 0 fully saturated rings. The van der Waals surface area contributed by atoms with Gasteiger partial charge in [-0.25, -0.2) is 0 Å². The van der Waals surface area contributed by atoms with Gasteiger partial charge < -0.3 is 5.73 Å². The Bertz CT molecular complexity index is 424. The van der Waals surface area contributed by atoms with E-state index < -0.39 is 0 Å². The van der Waals surface area contributed by atoms with Crippen molar-refractivity contribution >= 4 is 0 Å². The minimum atomic E-state index is 0.552. The van der Waals surface area contributed by atoms with Crippen molar-refractivity contribution < 1.29 is 0 Å². The van der Waals surface area contributed by atoms with Crippen LogP contribution in [0.5, 0.6) is 0 Å². The third-order valence-corrected chi connectivity index (χ3v) is 2.46. The maximum Gasteiger partial charge on any atom is 0.0315 e. The maximum atomic E-state index is 5.66. The largest absolute Gasteiger partial charge is 0.326 e. The summed E-state index contributed by atoms with van der Waals surface area (Å²) < 4.78 is 0. The Labute approximate surface area is 89.8 Å². The number of benzene rings is 1. The van der Waals surface area contributed by atoms with Crippen molar-refractivity contribution in [1.82, 2.24) is 4.98 Å². The van der Waals surface area contributed by atoms with Gasteiger partial charge in [0.25, 0.3) is 0 Å². The summed E-state index contributed by atoms with van der Waals surface area (Å²) in [6.45, 7) is 0.552. The van der Waals surface area contributed by atoms with Crippen LogP contribution in [0.25, 0.3) is 0 Å². The zero-order valence-electron chi connectivity index (χ0n) is 8.56. The second-order valence-electron chi connectivity index (χ2n) is 3.51. The fourth-order valence-electron chi connectivity index (χ4n) is 1.63. The van der Waals surface area contributed by atoms with E-state index in [-0.39, 0.29) is 0 Å². The molecule has 15 heavy (non-hydrogen) atoms. The zero-order valence-corrected chi connectivity index (χ0v) is 8.56. The molecule has 0 bridgehead atoms. The minimum Gasteiger partial charge on any atom is -0.326 e. The number of hydrogen-bond donors (Lipinski definition) is 1. The Balaban J connectivity index is 2.24. The molecule has 1 aromatic heterocycles. The highest BCUT2D eigenvalue weighted by atomic mass is 14.6. The van der Waals surface area contributed by atoms with E-state index in [2.05, 4.69) is 29.2 Å². The molecule has 0 radical (unpaired) electrons. The van der Waals surface area contributed by atoms with Gasteiger partial charge in [0.05, 0.1) is 0 Å². The molecule has 0 amide bonds. The van der Waals surface area contributed by atoms with Crippen LogP contribution in [0.3, 0.4) is 0 Å². The lowest BCUT2D eigenvalue weighted by molar-refractivity contribution is 0.996. The summed E-state index contributed by atoms with van der Waals surface area (Å²) >= 11 is 0. The molecule has 2 rings (SSSR count). The monoisotopic (exact) mass is 198 g/mol. The van der Waals surface area contributed by atoms with Crippen molar-refractivity contribution in [2.75, 3.05) is 0 Å². The van der Waals surface area contributed by atoms with E-state index in [1.165, 1.54) is 11.1 Å². The second-order valence-corrected chi connectivity index (χ2v) is 3.51. The molecule has 2 heteroatoms. The normalized spacial score (nSPS) is 10.2. The summed E-state index contributed by atoms with van der Waals surface area (Å²) in [5, 5.41) is 0. The van der Waals surface area contributed by atoms with Gasteiger partial charge in [0.1, 0.15) is 0 Å². The highest BCUT2D eigenvalue weighted by Gasteiger charge is 2.01. The Morgan fingerprint density at radius 3 is 2.53 bits per heavy atom. The zero-order chi connectivity index (χ0) is 10.5. The van der Waals surface area contributed by atoms with Gasteiger partial charge in [0.2, 0.25) is 0 Å². The molecule has 2 aromatic rings. The summed E-state index contributed by atoms with van der Waals surface area (Å²) in [5.41, 5.74) is 9.36. The SMILES string of the molecule is NCc1cnccc1Cc1ccccc1. The summed E-state index contributed by atoms with van der Waals surface area (Å²) in [4.78, 5) is 4.08. The molecule has 0 aliphatic carbocycles. The maximum absolute atomic E-state index is 5.66. The van der Waals surface area contributed by atoms with Crippen molar-refractivity contribution in [3.05, 3.63) is 65.5 Å². The fraction of sp³-hybridized carbons (Fsp3) is 0.154. The predicted octanol–water partition coefficient (Wildman–Crippen LogP) is 2.13. The van der Waals surface area contributed by atoms with Crippen molar-refractivity contribution in [1.29, 1.82) is 0 Å². The lowest BCUT2D eigenvalue weighted by Gasteiger charge is -2.06. The third-order valence-electron chi connectivity index (χ3n) is 2.46. The van der Waals surface area contributed by atoms with Crippen molar-refractivity contribution in [2.45, 2.75) is 13.0 Å². The Morgan fingerprint density at radius 2 is 1.80 bits per heavy atom. The molecular formula is C13H14N2. The van der Waals surface area contributed by atoms with Crippen LogP contribution >= 0.6 is 0 Å². The van der Waals surface area contributed by atoms with E-state index in [0.29, 0.717) is 6.54 Å². The molecular weight excluding hydrogens is 184 g/mol. The molecule has 2 N–H and O–H groups in total. The number of rotatable bonds is 3. The van der Waals surface area contributed by atoms with E-state index in [4.69, 9.17) is 5.73 Å². The predicted molar refractivity (Wildman–Crippen MR) is 61.4 cm³/mol. The standard InChI is InChI=1S/C13H14N2/c14-9-13-10-15-7-6-12(13)8-11-4-2-1-3-5-11/h1-7,10H,8-9,14H2. The van der Waals surface area contributed by atoms with Crippen LogP contribution in [-0.2, 0) is 13.0 Å². The van der Waals surface area contributed by atoms with Gasteiger partial charge in [-0.05, 0) is 29.2 Å². The first-order valence-electron chi connectivity index (χ1n) is 5.06. The lowest BCUT2D eigenvalue weighted by Crippen LogP contribution is -2.02. The molecule has 0 saturated heterocycles. The first kappa shape index (κ1) is 9.87. The average Bonchev–Trinajstić information content (AvgIpc) is 2.31. The minimum absolute atomic E-state index is 0.552. The van der Waals surface area contributed by atoms with Gasteiger partial charge in [-0.3, -0.25) is 4.98 Å². The Kier molecular flexibility index (Phi) is 3.10. The summed E-state index contributed by atoms with van der Waals surface area (Å²) in [6.07, 6.45) is 4.59. The second kappa shape index (κ2) is 4.71.